The van der Waals surface area contributed by atoms with Crippen LogP contribution in [0.5, 0.6) is 0 Å². The average molecular weight is 136 g/mol. The third-order valence-corrected chi connectivity index (χ3v) is 2.88. The summed E-state index contributed by atoms with van der Waals surface area (Å²) in [6.07, 6.45) is 8.28. The van der Waals surface area contributed by atoms with E-state index in [0.29, 0.717) is 5.92 Å². The smallest absolute Gasteiger partial charge is 0.145 e. The van der Waals surface area contributed by atoms with Gasteiger partial charge in [-0.3, -0.25) is 4.79 Å². The molecule has 0 amide bonds. The molecule has 2 atom stereocenters. The molecule has 0 saturated heterocycles. The van der Waals surface area contributed by atoms with Crippen molar-refractivity contribution in [2.45, 2.75) is 25.7 Å². The zero-order chi connectivity index (χ0) is 6.97. The number of carbonyl (C=O) groups excluding carboxylic acids is 1. The maximum absolute atomic E-state index is 10.5. The van der Waals surface area contributed by atoms with Crippen molar-refractivity contribution < 1.29 is 4.79 Å². The Bertz CT molecular complexity index is 181. The molecule has 0 aromatic heterocycles. The summed E-state index contributed by atoms with van der Waals surface area (Å²) in [6.45, 7) is 0. The largest absolute Gasteiger partial charge is 0.298 e. The van der Waals surface area contributed by atoms with Crippen molar-refractivity contribution in [3.63, 3.8) is 0 Å². The van der Waals surface area contributed by atoms with Crippen LogP contribution in [0.15, 0.2) is 11.6 Å². The summed E-state index contributed by atoms with van der Waals surface area (Å²) in [4.78, 5) is 10.5. The van der Waals surface area contributed by atoms with E-state index >= 15 is 0 Å². The Balaban J connectivity index is 2.17. The summed E-state index contributed by atoms with van der Waals surface area (Å²) in [5, 5.41) is 0. The van der Waals surface area contributed by atoms with Gasteiger partial charge in [0, 0.05) is 0 Å². The lowest BCUT2D eigenvalue weighted by Gasteiger charge is -2.08. The van der Waals surface area contributed by atoms with Gasteiger partial charge in [-0.1, -0.05) is 12.5 Å². The lowest BCUT2D eigenvalue weighted by molar-refractivity contribution is -0.105. The second kappa shape index (κ2) is 2.22. The van der Waals surface area contributed by atoms with E-state index in [9.17, 15) is 4.79 Å². The van der Waals surface area contributed by atoms with Crippen LogP contribution in [0.1, 0.15) is 25.7 Å². The van der Waals surface area contributed by atoms with Crippen molar-refractivity contribution in [1.29, 1.82) is 0 Å². The third-order valence-electron chi connectivity index (χ3n) is 2.88. The number of fused-ring (bicyclic) bond motifs is 1. The Labute approximate surface area is 61.1 Å². The van der Waals surface area contributed by atoms with Gasteiger partial charge in [0.2, 0.25) is 0 Å². The Kier molecular flexibility index (Phi) is 1.37. The number of hydrogen-bond donors (Lipinski definition) is 0. The fourth-order valence-corrected chi connectivity index (χ4v) is 2.33. The average Bonchev–Trinajstić information content (AvgIpc) is 2.44. The molecule has 1 fully saturated rings. The number of rotatable bonds is 1. The number of allylic oxidation sites excluding steroid dienone is 2. The van der Waals surface area contributed by atoms with Gasteiger partial charge in [-0.15, -0.1) is 0 Å². The molecular formula is C9H12O. The van der Waals surface area contributed by atoms with Gasteiger partial charge in [-0.25, -0.2) is 0 Å². The SMILES string of the molecule is O=CC1=CC[C@H]2CCC[C@@H]12. The van der Waals surface area contributed by atoms with Gasteiger partial charge in [0.1, 0.15) is 6.29 Å². The minimum Gasteiger partial charge on any atom is -0.298 e. The summed E-state index contributed by atoms with van der Waals surface area (Å²) in [6, 6.07) is 0. The van der Waals surface area contributed by atoms with Crippen molar-refractivity contribution in [3.05, 3.63) is 11.6 Å². The number of hydrogen-bond acceptors (Lipinski definition) is 1. The van der Waals surface area contributed by atoms with Gasteiger partial charge in [0.05, 0.1) is 0 Å². The first-order valence-electron chi connectivity index (χ1n) is 4.07. The quantitative estimate of drug-likeness (QED) is 0.503. The zero-order valence-electron chi connectivity index (χ0n) is 6.05. The van der Waals surface area contributed by atoms with Gasteiger partial charge < -0.3 is 0 Å². The first-order chi connectivity index (χ1) is 4.92. The van der Waals surface area contributed by atoms with E-state index in [0.717, 1.165) is 17.8 Å². The molecule has 2 rings (SSSR count). The van der Waals surface area contributed by atoms with Gasteiger partial charge in [0.25, 0.3) is 0 Å². The predicted octanol–water partition coefficient (Wildman–Crippen LogP) is 1.93. The molecule has 0 bridgehead atoms. The molecule has 0 aliphatic heterocycles. The highest BCUT2D eigenvalue weighted by molar-refractivity contribution is 5.75. The molecule has 1 saturated carbocycles. The van der Waals surface area contributed by atoms with Gasteiger partial charge in [0.15, 0.2) is 0 Å². The third kappa shape index (κ3) is 0.731. The van der Waals surface area contributed by atoms with Crippen LogP contribution in [0, 0.1) is 11.8 Å². The lowest BCUT2D eigenvalue weighted by atomic mass is 9.96. The van der Waals surface area contributed by atoms with E-state index in [-0.39, 0.29) is 0 Å². The molecule has 10 heavy (non-hydrogen) atoms. The van der Waals surface area contributed by atoms with Crippen molar-refractivity contribution in [2.24, 2.45) is 11.8 Å². The van der Waals surface area contributed by atoms with E-state index in [1.165, 1.54) is 25.7 Å². The first kappa shape index (κ1) is 6.14. The zero-order valence-corrected chi connectivity index (χ0v) is 6.05. The van der Waals surface area contributed by atoms with Crippen molar-refractivity contribution >= 4 is 6.29 Å². The second-order valence-electron chi connectivity index (χ2n) is 3.36. The summed E-state index contributed by atoms with van der Waals surface area (Å²) < 4.78 is 0. The normalized spacial score (nSPS) is 37.4. The molecule has 0 radical (unpaired) electrons. The fraction of sp³-hybridized carbons (Fsp3) is 0.667. The Morgan fingerprint density at radius 2 is 2.40 bits per heavy atom. The van der Waals surface area contributed by atoms with E-state index in [1.807, 2.05) is 0 Å². The van der Waals surface area contributed by atoms with Gasteiger partial charge >= 0.3 is 0 Å². The minimum atomic E-state index is 0.650. The molecule has 54 valence electrons. The predicted molar refractivity (Wildman–Crippen MR) is 39.6 cm³/mol. The maximum atomic E-state index is 10.5. The van der Waals surface area contributed by atoms with Crippen LogP contribution in [0.2, 0.25) is 0 Å². The summed E-state index contributed by atoms with van der Waals surface area (Å²) in [7, 11) is 0. The molecule has 2 aliphatic carbocycles. The summed E-state index contributed by atoms with van der Waals surface area (Å²) in [5.74, 6) is 1.48. The van der Waals surface area contributed by atoms with E-state index in [2.05, 4.69) is 6.08 Å². The molecule has 1 heteroatoms. The fourth-order valence-electron chi connectivity index (χ4n) is 2.33. The molecule has 0 spiro atoms. The molecular weight excluding hydrogens is 124 g/mol. The standard InChI is InChI=1S/C9H12O/c10-6-8-5-4-7-2-1-3-9(7)8/h5-7,9H,1-4H2/t7-,9-/m1/s1. The van der Waals surface area contributed by atoms with Crippen LogP contribution in [-0.4, -0.2) is 6.29 Å². The minimum absolute atomic E-state index is 0.650. The first-order valence-corrected chi connectivity index (χ1v) is 4.07. The Morgan fingerprint density at radius 1 is 1.50 bits per heavy atom. The molecule has 0 heterocycles. The van der Waals surface area contributed by atoms with Crippen LogP contribution in [0.4, 0.5) is 0 Å². The van der Waals surface area contributed by atoms with Crippen LogP contribution in [0.25, 0.3) is 0 Å². The maximum Gasteiger partial charge on any atom is 0.145 e. The van der Waals surface area contributed by atoms with Crippen molar-refractivity contribution in [1.82, 2.24) is 0 Å². The van der Waals surface area contributed by atoms with Crippen LogP contribution in [0.3, 0.4) is 0 Å². The summed E-state index contributed by atoms with van der Waals surface area (Å²) in [5.41, 5.74) is 1.09. The highest BCUT2D eigenvalue weighted by atomic mass is 16.1. The van der Waals surface area contributed by atoms with Crippen molar-refractivity contribution in [3.8, 4) is 0 Å². The van der Waals surface area contributed by atoms with Crippen LogP contribution < -0.4 is 0 Å². The van der Waals surface area contributed by atoms with Crippen molar-refractivity contribution in [2.75, 3.05) is 0 Å². The topological polar surface area (TPSA) is 17.1 Å². The molecule has 1 nitrogen and oxygen atoms in total. The number of carbonyl (C=O) groups is 1. The Morgan fingerprint density at radius 3 is 3.20 bits per heavy atom. The van der Waals surface area contributed by atoms with E-state index in [1.54, 1.807) is 0 Å². The number of aldehydes is 1. The summed E-state index contributed by atoms with van der Waals surface area (Å²) >= 11 is 0. The molecule has 0 aromatic carbocycles. The van der Waals surface area contributed by atoms with Crippen LogP contribution >= 0.6 is 0 Å². The second-order valence-corrected chi connectivity index (χ2v) is 3.36. The van der Waals surface area contributed by atoms with Gasteiger partial charge in [-0.2, -0.15) is 0 Å². The van der Waals surface area contributed by atoms with Gasteiger partial charge in [-0.05, 0) is 36.7 Å². The highest BCUT2D eigenvalue weighted by Crippen LogP contribution is 2.42. The van der Waals surface area contributed by atoms with E-state index < -0.39 is 0 Å². The molecule has 0 N–H and O–H groups in total. The lowest BCUT2D eigenvalue weighted by Crippen LogP contribution is -2.03. The van der Waals surface area contributed by atoms with E-state index in [4.69, 9.17) is 0 Å². The van der Waals surface area contributed by atoms with Crippen LogP contribution in [-0.2, 0) is 4.79 Å². The molecule has 2 aliphatic rings. The highest BCUT2D eigenvalue weighted by Gasteiger charge is 2.32. The molecule has 0 unspecified atom stereocenters. The Hall–Kier alpha value is -0.590. The monoisotopic (exact) mass is 136 g/mol. The molecule has 0 aromatic rings.